The van der Waals surface area contributed by atoms with E-state index in [-0.39, 0.29) is 10.8 Å². The number of fused-ring (bicyclic) bond motifs is 1. The van der Waals surface area contributed by atoms with Crippen LogP contribution in [0.5, 0.6) is 0 Å². The number of pyridine rings is 1. The molecule has 10 heteroatoms. The first kappa shape index (κ1) is 17.5. The summed E-state index contributed by atoms with van der Waals surface area (Å²) in [7, 11) is 1.48. The van der Waals surface area contributed by atoms with E-state index in [2.05, 4.69) is 20.6 Å². The van der Waals surface area contributed by atoms with Crippen molar-refractivity contribution < 1.29 is 9.72 Å². The zero-order valence-corrected chi connectivity index (χ0v) is 14.6. The van der Waals surface area contributed by atoms with Gasteiger partial charge in [0, 0.05) is 18.0 Å². The molecule has 1 N–H and O–H groups in total. The maximum absolute atomic E-state index is 12.1. The SMILES string of the molecule is Cc1cccc2cc(C=NNC(=O)c3nn(C)cc3[N+](=O)[O-])c(Cl)nc12. The molecule has 0 unspecified atom stereocenters. The van der Waals surface area contributed by atoms with Gasteiger partial charge in [-0.15, -0.1) is 0 Å². The Morgan fingerprint density at radius 2 is 2.23 bits per heavy atom. The van der Waals surface area contributed by atoms with Crippen LogP contribution >= 0.6 is 11.6 Å². The number of hydrogen-bond donors (Lipinski definition) is 1. The van der Waals surface area contributed by atoms with Gasteiger partial charge in [-0.2, -0.15) is 10.2 Å². The fourth-order valence-electron chi connectivity index (χ4n) is 2.42. The predicted molar refractivity (Wildman–Crippen MR) is 96.4 cm³/mol. The third-order valence-corrected chi connectivity index (χ3v) is 3.92. The molecular weight excluding hydrogens is 360 g/mol. The number of amides is 1. The number of carbonyl (C=O) groups is 1. The fourth-order valence-corrected chi connectivity index (χ4v) is 2.60. The molecule has 0 radical (unpaired) electrons. The fraction of sp³-hybridized carbons (Fsp3) is 0.125. The van der Waals surface area contributed by atoms with Crippen LogP contribution in [0, 0.1) is 17.0 Å². The van der Waals surface area contributed by atoms with Gasteiger partial charge in [0.05, 0.1) is 16.7 Å². The molecule has 1 aromatic carbocycles. The maximum atomic E-state index is 12.1. The lowest BCUT2D eigenvalue weighted by Gasteiger charge is -2.04. The van der Waals surface area contributed by atoms with Gasteiger partial charge in [-0.05, 0) is 18.6 Å². The molecule has 1 amide bonds. The number of nitrogens with zero attached hydrogens (tertiary/aromatic N) is 5. The highest BCUT2D eigenvalue weighted by atomic mass is 35.5. The van der Waals surface area contributed by atoms with Gasteiger partial charge in [0.2, 0.25) is 5.69 Å². The zero-order chi connectivity index (χ0) is 18.8. The second-order valence-corrected chi connectivity index (χ2v) is 5.87. The molecule has 3 rings (SSSR count). The summed E-state index contributed by atoms with van der Waals surface area (Å²) in [5.74, 6) is -0.797. The molecule has 0 bridgehead atoms. The van der Waals surface area contributed by atoms with Crippen molar-refractivity contribution in [1.29, 1.82) is 0 Å². The van der Waals surface area contributed by atoms with Gasteiger partial charge in [-0.25, -0.2) is 10.4 Å². The summed E-state index contributed by atoms with van der Waals surface area (Å²) in [6.07, 6.45) is 2.47. The van der Waals surface area contributed by atoms with E-state index in [9.17, 15) is 14.9 Å². The van der Waals surface area contributed by atoms with Crippen molar-refractivity contribution in [2.75, 3.05) is 0 Å². The zero-order valence-electron chi connectivity index (χ0n) is 13.8. The van der Waals surface area contributed by atoms with Crippen molar-refractivity contribution >= 4 is 40.3 Å². The van der Waals surface area contributed by atoms with Crippen LogP contribution in [-0.4, -0.2) is 31.8 Å². The molecule has 26 heavy (non-hydrogen) atoms. The number of aryl methyl sites for hydroxylation is 2. The number of hydrogen-bond acceptors (Lipinski definition) is 6. The summed E-state index contributed by atoms with van der Waals surface area (Å²) in [6, 6.07) is 7.50. The molecule has 0 saturated carbocycles. The van der Waals surface area contributed by atoms with Crippen LogP contribution in [-0.2, 0) is 7.05 Å². The van der Waals surface area contributed by atoms with Gasteiger partial charge >= 0.3 is 5.69 Å². The van der Waals surface area contributed by atoms with Crippen molar-refractivity contribution in [2.45, 2.75) is 6.92 Å². The molecule has 3 aromatic rings. The third kappa shape index (κ3) is 3.38. The van der Waals surface area contributed by atoms with E-state index < -0.39 is 16.5 Å². The predicted octanol–water partition coefficient (Wildman–Crippen LogP) is 2.60. The van der Waals surface area contributed by atoms with Gasteiger partial charge in [-0.1, -0.05) is 29.8 Å². The van der Waals surface area contributed by atoms with Crippen LogP contribution in [0.25, 0.3) is 10.9 Å². The summed E-state index contributed by atoms with van der Waals surface area (Å²) in [5, 5.41) is 19.6. The molecule has 0 aliphatic rings. The summed E-state index contributed by atoms with van der Waals surface area (Å²) in [6.45, 7) is 1.93. The van der Waals surface area contributed by atoms with Crippen molar-refractivity contribution in [3.8, 4) is 0 Å². The van der Waals surface area contributed by atoms with E-state index in [4.69, 9.17) is 11.6 Å². The van der Waals surface area contributed by atoms with E-state index in [1.807, 2.05) is 25.1 Å². The number of rotatable bonds is 4. The minimum Gasteiger partial charge on any atom is -0.268 e. The first-order chi connectivity index (χ1) is 12.4. The molecular formula is C16H13ClN6O3. The molecule has 0 aliphatic heterocycles. The maximum Gasteiger partial charge on any atom is 0.320 e. The van der Waals surface area contributed by atoms with Gasteiger partial charge in [0.25, 0.3) is 5.91 Å². The molecule has 0 spiro atoms. The van der Waals surface area contributed by atoms with Crippen LogP contribution in [0.1, 0.15) is 21.6 Å². The summed E-state index contributed by atoms with van der Waals surface area (Å²) in [4.78, 5) is 26.6. The Hall–Kier alpha value is -3.33. The van der Waals surface area contributed by atoms with Crippen molar-refractivity contribution in [1.82, 2.24) is 20.2 Å². The Labute approximate surface area is 152 Å². The molecule has 0 aliphatic carbocycles. The highest BCUT2D eigenvalue weighted by Gasteiger charge is 2.24. The van der Waals surface area contributed by atoms with Crippen LogP contribution in [0.15, 0.2) is 35.6 Å². The first-order valence-electron chi connectivity index (χ1n) is 7.44. The van der Waals surface area contributed by atoms with Gasteiger partial charge < -0.3 is 0 Å². The molecule has 9 nitrogen and oxygen atoms in total. The first-order valence-corrected chi connectivity index (χ1v) is 7.82. The number of nitrogens with one attached hydrogen (secondary N) is 1. The number of para-hydroxylation sites is 1. The van der Waals surface area contributed by atoms with Crippen LogP contribution in [0.3, 0.4) is 0 Å². The molecule has 2 aromatic heterocycles. The van der Waals surface area contributed by atoms with Crippen LogP contribution in [0.2, 0.25) is 5.15 Å². The summed E-state index contributed by atoms with van der Waals surface area (Å²) >= 11 is 6.16. The number of aromatic nitrogens is 3. The molecule has 0 fully saturated rings. The van der Waals surface area contributed by atoms with E-state index in [1.54, 1.807) is 6.07 Å². The summed E-state index contributed by atoms with van der Waals surface area (Å²) in [5.41, 5.74) is 3.75. The van der Waals surface area contributed by atoms with E-state index in [0.717, 1.165) is 22.7 Å². The number of carbonyl (C=O) groups excluding carboxylic acids is 1. The monoisotopic (exact) mass is 372 g/mol. The van der Waals surface area contributed by atoms with Gasteiger partial charge in [0.1, 0.15) is 11.3 Å². The van der Waals surface area contributed by atoms with Crippen LogP contribution in [0.4, 0.5) is 5.69 Å². The Morgan fingerprint density at radius 3 is 2.96 bits per heavy atom. The Bertz CT molecular complexity index is 1060. The quantitative estimate of drug-likeness (QED) is 0.327. The smallest absolute Gasteiger partial charge is 0.268 e. The Kier molecular flexibility index (Phi) is 4.63. The second-order valence-electron chi connectivity index (χ2n) is 5.51. The molecule has 2 heterocycles. The number of halogens is 1. The Morgan fingerprint density at radius 1 is 1.46 bits per heavy atom. The number of nitro groups is 1. The van der Waals surface area contributed by atoms with Gasteiger partial charge in [0.15, 0.2) is 0 Å². The van der Waals surface area contributed by atoms with Crippen molar-refractivity contribution in [2.24, 2.45) is 12.1 Å². The minimum atomic E-state index is -0.797. The van der Waals surface area contributed by atoms with Crippen molar-refractivity contribution in [3.63, 3.8) is 0 Å². The van der Waals surface area contributed by atoms with E-state index >= 15 is 0 Å². The van der Waals surface area contributed by atoms with E-state index in [0.29, 0.717) is 5.56 Å². The highest BCUT2D eigenvalue weighted by molar-refractivity contribution is 6.32. The molecule has 0 saturated heterocycles. The topological polar surface area (TPSA) is 115 Å². The van der Waals surface area contributed by atoms with Crippen LogP contribution < -0.4 is 5.43 Å². The van der Waals surface area contributed by atoms with Crippen molar-refractivity contribution in [3.05, 3.63) is 62.6 Å². The molecule has 0 atom stereocenters. The standard InChI is InChI=1S/C16H13ClN6O3/c1-9-4-3-5-10-6-11(15(17)19-13(9)10)7-18-20-16(24)14-12(23(25)26)8-22(2)21-14/h3-8H,1-2H3,(H,20,24). The number of hydrazone groups is 1. The average molecular weight is 373 g/mol. The largest absolute Gasteiger partial charge is 0.320 e. The number of benzene rings is 1. The third-order valence-electron chi connectivity index (χ3n) is 3.62. The van der Waals surface area contributed by atoms with Gasteiger partial charge in [-0.3, -0.25) is 19.6 Å². The minimum absolute atomic E-state index is 0.230. The van der Waals surface area contributed by atoms with E-state index in [1.165, 1.54) is 17.9 Å². The second kappa shape index (κ2) is 6.89. The lowest BCUT2D eigenvalue weighted by Crippen LogP contribution is -2.19. The summed E-state index contributed by atoms with van der Waals surface area (Å²) < 4.78 is 1.18. The highest BCUT2D eigenvalue weighted by Crippen LogP contribution is 2.22. The normalized spacial score (nSPS) is 11.2. The lowest BCUT2D eigenvalue weighted by molar-refractivity contribution is -0.385. The Balaban J connectivity index is 1.83. The average Bonchev–Trinajstić information content (AvgIpc) is 2.98. The lowest BCUT2D eigenvalue weighted by atomic mass is 10.1. The molecule has 132 valence electrons.